The van der Waals surface area contributed by atoms with Gasteiger partial charge < -0.3 is 10.2 Å². The largest absolute Gasteiger partial charge is 0.384 e. The third kappa shape index (κ3) is 3.02. The molecule has 1 aromatic carbocycles. The van der Waals surface area contributed by atoms with E-state index in [1.54, 1.807) is 0 Å². The minimum Gasteiger partial charge on any atom is -0.384 e. The minimum absolute atomic E-state index is 0.640. The molecule has 1 aliphatic rings. The maximum Gasteiger partial charge on any atom is 0.101 e. The Morgan fingerprint density at radius 2 is 2.22 bits per heavy atom. The van der Waals surface area contributed by atoms with Gasteiger partial charge in [-0.3, -0.25) is 0 Å². The molecule has 1 N–H and O–H groups in total. The van der Waals surface area contributed by atoms with Crippen LogP contribution in [0.5, 0.6) is 0 Å². The molecule has 1 aliphatic heterocycles. The number of nitrogens with zero attached hydrogens (tertiary/aromatic N) is 2. The van der Waals surface area contributed by atoms with Crippen LogP contribution in [0.3, 0.4) is 0 Å². The lowest BCUT2D eigenvalue weighted by molar-refractivity contribution is 0.266. The van der Waals surface area contributed by atoms with E-state index in [1.807, 2.05) is 24.3 Å². The second kappa shape index (κ2) is 5.88. The first-order valence-corrected chi connectivity index (χ1v) is 6.67. The molecule has 0 saturated carbocycles. The number of nitriles is 1. The van der Waals surface area contributed by atoms with Crippen molar-refractivity contribution in [3.8, 4) is 6.07 Å². The highest BCUT2D eigenvalue weighted by atomic mass is 15.2. The van der Waals surface area contributed by atoms with Crippen LogP contribution >= 0.6 is 0 Å². The fourth-order valence-electron chi connectivity index (χ4n) is 2.49. The summed E-state index contributed by atoms with van der Waals surface area (Å²) in [5.41, 5.74) is 1.69. The topological polar surface area (TPSA) is 39.1 Å². The smallest absolute Gasteiger partial charge is 0.101 e. The summed E-state index contributed by atoms with van der Waals surface area (Å²) in [5.74, 6) is 0.694. The number of benzene rings is 1. The molecule has 0 aliphatic carbocycles. The zero-order valence-electron chi connectivity index (χ0n) is 11.2. The Morgan fingerprint density at radius 1 is 1.44 bits per heavy atom. The predicted octanol–water partition coefficient (Wildman–Crippen LogP) is 2.70. The second-order valence-corrected chi connectivity index (χ2v) is 5.28. The van der Waals surface area contributed by atoms with Gasteiger partial charge in [0.25, 0.3) is 0 Å². The van der Waals surface area contributed by atoms with Gasteiger partial charge >= 0.3 is 0 Å². The second-order valence-electron chi connectivity index (χ2n) is 5.28. The maximum absolute atomic E-state index is 9.03. The van der Waals surface area contributed by atoms with Gasteiger partial charge in [0.05, 0.1) is 11.3 Å². The quantitative estimate of drug-likeness (QED) is 0.883. The van der Waals surface area contributed by atoms with E-state index >= 15 is 0 Å². The molecule has 1 heterocycles. The van der Waals surface area contributed by atoms with Crippen LogP contribution in [-0.4, -0.2) is 30.6 Å². The molecule has 18 heavy (non-hydrogen) atoms. The summed E-state index contributed by atoms with van der Waals surface area (Å²) < 4.78 is 0. The molecule has 0 radical (unpaired) electrons. The predicted molar refractivity (Wildman–Crippen MR) is 74.5 cm³/mol. The van der Waals surface area contributed by atoms with Gasteiger partial charge in [0.15, 0.2) is 0 Å². The van der Waals surface area contributed by atoms with Crippen molar-refractivity contribution in [1.82, 2.24) is 4.90 Å². The third-order valence-electron chi connectivity index (χ3n) is 3.68. The molecular formula is C15H21N3. The number of likely N-dealkylation sites (tertiary alicyclic amines) is 1. The molecule has 1 aromatic rings. The van der Waals surface area contributed by atoms with Crippen LogP contribution in [0, 0.1) is 17.2 Å². The highest BCUT2D eigenvalue weighted by molar-refractivity contribution is 5.57. The molecule has 1 atom stereocenters. The Kier molecular flexibility index (Phi) is 4.22. The molecule has 1 unspecified atom stereocenters. The summed E-state index contributed by atoms with van der Waals surface area (Å²) in [5, 5.41) is 12.4. The van der Waals surface area contributed by atoms with Crippen molar-refractivity contribution >= 4 is 5.69 Å². The number of nitrogens with one attached hydrogen (secondary N) is 1. The van der Waals surface area contributed by atoms with Crippen molar-refractivity contribution in [2.24, 2.45) is 5.92 Å². The molecule has 3 nitrogen and oxygen atoms in total. The number of anilines is 1. The Balaban J connectivity index is 1.88. The Morgan fingerprint density at radius 3 is 2.89 bits per heavy atom. The van der Waals surface area contributed by atoms with E-state index in [2.05, 4.69) is 30.1 Å². The zero-order valence-corrected chi connectivity index (χ0v) is 11.2. The van der Waals surface area contributed by atoms with Crippen molar-refractivity contribution < 1.29 is 0 Å². The van der Waals surface area contributed by atoms with Crippen molar-refractivity contribution in [2.75, 3.05) is 25.0 Å². The van der Waals surface area contributed by atoms with Crippen molar-refractivity contribution in [2.45, 2.75) is 26.3 Å². The Bertz CT molecular complexity index is 434. The van der Waals surface area contributed by atoms with Gasteiger partial charge in [-0.05, 0) is 44.9 Å². The lowest BCUT2D eigenvalue weighted by Crippen LogP contribution is -2.29. The monoisotopic (exact) mass is 243 g/mol. The molecule has 0 bridgehead atoms. The summed E-state index contributed by atoms with van der Waals surface area (Å²) in [6, 6.07) is 10.6. The van der Waals surface area contributed by atoms with E-state index in [0.29, 0.717) is 12.0 Å². The van der Waals surface area contributed by atoms with Crippen LogP contribution in [0.2, 0.25) is 0 Å². The fourth-order valence-corrected chi connectivity index (χ4v) is 2.49. The average molecular weight is 243 g/mol. The van der Waals surface area contributed by atoms with Crippen LogP contribution in [-0.2, 0) is 0 Å². The van der Waals surface area contributed by atoms with Crippen LogP contribution in [0.15, 0.2) is 24.3 Å². The molecule has 0 spiro atoms. The van der Waals surface area contributed by atoms with Crippen LogP contribution in [0.25, 0.3) is 0 Å². The Hall–Kier alpha value is -1.53. The van der Waals surface area contributed by atoms with Crippen LogP contribution in [0.1, 0.15) is 25.8 Å². The van der Waals surface area contributed by atoms with Crippen LogP contribution < -0.4 is 5.32 Å². The zero-order chi connectivity index (χ0) is 13.0. The summed E-state index contributed by atoms with van der Waals surface area (Å²) in [4.78, 5) is 2.52. The van der Waals surface area contributed by atoms with Gasteiger partial charge in [-0.1, -0.05) is 12.1 Å². The first-order chi connectivity index (χ1) is 8.70. The molecule has 96 valence electrons. The van der Waals surface area contributed by atoms with E-state index in [0.717, 1.165) is 17.8 Å². The first-order valence-electron chi connectivity index (χ1n) is 6.67. The lowest BCUT2D eigenvalue weighted by atomic mass is 10.1. The maximum atomic E-state index is 9.03. The van der Waals surface area contributed by atoms with E-state index in [-0.39, 0.29) is 0 Å². The number of hydrogen-bond donors (Lipinski definition) is 1. The summed E-state index contributed by atoms with van der Waals surface area (Å²) >= 11 is 0. The van der Waals surface area contributed by atoms with E-state index in [4.69, 9.17) is 5.26 Å². The first kappa shape index (κ1) is 12.9. The van der Waals surface area contributed by atoms with E-state index in [9.17, 15) is 0 Å². The van der Waals surface area contributed by atoms with Gasteiger partial charge in [-0.15, -0.1) is 0 Å². The van der Waals surface area contributed by atoms with Gasteiger partial charge in [0.2, 0.25) is 0 Å². The fraction of sp³-hybridized carbons (Fsp3) is 0.533. The van der Waals surface area contributed by atoms with E-state index < -0.39 is 0 Å². The molecule has 1 saturated heterocycles. The van der Waals surface area contributed by atoms with Crippen molar-refractivity contribution in [3.63, 3.8) is 0 Å². The van der Waals surface area contributed by atoms with Gasteiger partial charge in [-0.25, -0.2) is 0 Å². The third-order valence-corrected chi connectivity index (χ3v) is 3.68. The highest BCUT2D eigenvalue weighted by Crippen LogP contribution is 2.20. The number of hydrogen-bond acceptors (Lipinski definition) is 3. The summed E-state index contributed by atoms with van der Waals surface area (Å²) in [6.07, 6.45) is 1.25. The minimum atomic E-state index is 0.640. The number of rotatable bonds is 4. The van der Waals surface area contributed by atoms with Gasteiger partial charge in [0, 0.05) is 19.1 Å². The SMILES string of the molecule is CC(C)N1CCC(CNc2ccccc2C#N)C1. The van der Waals surface area contributed by atoms with Crippen LogP contribution in [0.4, 0.5) is 5.69 Å². The van der Waals surface area contributed by atoms with Gasteiger partial charge in [-0.2, -0.15) is 5.26 Å². The van der Waals surface area contributed by atoms with Gasteiger partial charge in [0.1, 0.15) is 6.07 Å². The standard InChI is InChI=1S/C15H21N3/c1-12(2)18-8-7-13(11-18)10-17-15-6-4-3-5-14(15)9-16/h3-6,12-13,17H,7-8,10-11H2,1-2H3. The lowest BCUT2D eigenvalue weighted by Gasteiger charge is -2.20. The average Bonchev–Trinajstić information content (AvgIpc) is 2.85. The Labute approximate surface area is 109 Å². The molecule has 0 amide bonds. The number of para-hydroxylation sites is 1. The van der Waals surface area contributed by atoms with Crippen molar-refractivity contribution in [3.05, 3.63) is 29.8 Å². The highest BCUT2D eigenvalue weighted by Gasteiger charge is 2.23. The van der Waals surface area contributed by atoms with E-state index in [1.165, 1.54) is 19.5 Å². The molecular weight excluding hydrogens is 222 g/mol. The normalized spacial score (nSPS) is 20.0. The van der Waals surface area contributed by atoms with Crippen molar-refractivity contribution in [1.29, 1.82) is 5.26 Å². The summed E-state index contributed by atoms with van der Waals surface area (Å²) in [7, 11) is 0. The summed E-state index contributed by atoms with van der Waals surface area (Å²) in [6.45, 7) is 7.83. The molecule has 3 heteroatoms. The molecule has 1 fully saturated rings. The molecule has 2 rings (SSSR count). The molecule has 0 aromatic heterocycles.